The highest BCUT2D eigenvalue weighted by Crippen LogP contribution is 2.03. The van der Waals surface area contributed by atoms with E-state index in [1.807, 2.05) is 6.07 Å². The van der Waals surface area contributed by atoms with Crippen molar-refractivity contribution in [2.75, 3.05) is 6.54 Å². The van der Waals surface area contributed by atoms with Crippen molar-refractivity contribution in [2.24, 2.45) is 0 Å². The number of fused-ring (bicyclic) bond motifs is 1. The van der Waals surface area contributed by atoms with Crippen molar-refractivity contribution >= 4 is 5.65 Å². The normalized spacial score (nSPS) is 13.1. The van der Waals surface area contributed by atoms with E-state index in [9.17, 15) is 4.79 Å². The summed E-state index contributed by atoms with van der Waals surface area (Å²) in [6.45, 7) is 5.15. The maximum atomic E-state index is 11.4. The Labute approximate surface area is 99.0 Å². The maximum absolute atomic E-state index is 11.4. The molecule has 0 aromatic carbocycles. The van der Waals surface area contributed by atoms with Gasteiger partial charge in [0.1, 0.15) is 0 Å². The van der Waals surface area contributed by atoms with E-state index in [1.54, 1.807) is 6.07 Å². The van der Waals surface area contributed by atoms with Crippen LogP contribution in [-0.4, -0.2) is 32.4 Å². The lowest BCUT2D eigenvalue weighted by atomic mass is 10.1. The molecule has 0 saturated heterocycles. The third kappa shape index (κ3) is 2.52. The lowest BCUT2D eigenvalue weighted by molar-refractivity contribution is 0.502. The highest BCUT2D eigenvalue weighted by atomic mass is 16.2. The molecule has 0 amide bonds. The first-order valence-electron chi connectivity index (χ1n) is 5.91. The second-order valence-corrected chi connectivity index (χ2v) is 3.99. The SMILES string of the molecule is CCNC(CC)Cc1ccc2n[nH]c(=O)n2n1. The van der Waals surface area contributed by atoms with E-state index in [0.29, 0.717) is 11.7 Å². The number of rotatable bonds is 5. The van der Waals surface area contributed by atoms with Gasteiger partial charge in [-0.15, -0.1) is 0 Å². The van der Waals surface area contributed by atoms with E-state index >= 15 is 0 Å². The van der Waals surface area contributed by atoms with Gasteiger partial charge in [-0.25, -0.2) is 9.89 Å². The van der Waals surface area contributed by atoms with Crippen LogP contribution in [0.5, 0.6) is 0 Å². The topological polar surface area (TPSA) is 75.1 Å². The molecule has 0 aliphatic carbocycles. The van der Waals surface area contributed by atoms with Gasteiger partial charge in [0.25, 0.3) is 0 Å². The lowest BCUT2D eigenvalue weighted by Crippen LogP contribution is -2.30. The van der Waals surface area contributed by atoms with Crippen molar-refractivity contribution in [3.63, 3.8) is 0 Å². The van der Waals surface area contributed by atoms with Crippen LogP contribution in [-0.2, 0) is 6.42 Å². The van der Waals surface area contributed by atoms with Gasteiger partial charge in [-0.2, -0.15) is 14.7 Å². The second-order valence-electron chi connectivity index (χ2n) is 3.99. The van der Waals surface area contributed by atoms with Crippen LogP contribution in [0.15, 0.2) is 16.9 Å². The van der Waals surface area contributed by atoms with Crippen molar-refractivity contribution in [1.82, 2.24) is 25.1 Å². The van der Waals surface area contributed by atoms with Gasteiger partial charge in [0.2, 0.25) is 0 Å². The smallest absolute Gasteiger partial charge is 0.314 e. The molecule has 0 spiro atoms. The summed E-state index contributed by atoms with van der Waals surface area (Å²) in [7, 11) is 0. The van der Waals surface area contributed by atoms with Crippen molar-refractivity contribution in [3.8, 4) is 0 Å². The number of nitrogens with one attached hydrogen (secondary N) is 2. The van der Waals surface area contributed by atoms with Gasteiger partial charge in [-0.05, 0) is 25.1 Å². The summed E-state index contributed by atoms with van der Waals surface area (Å²) in [5.41, 5.74) is 1.15. The van der Waals surface area contributed by atoms with E-state index in [4.69, 9.17) is 0 Å². The molecular formula is C11H17N5O. The van der Waals surface area contributed by atoms with Crippen molar-refractivity contribution in [2.45, 2.75) is 32.7 Å². The molecule has 0 aliphatic heterocycles. The fraction of sp³-hybridized carbons (Fsp3) is 0.545. The van der Waals surface area contributed by atoms with Crippen LogP contribution in [0.1, 0.15) is 26.0 Å². The minimum atomic E-state index is -0.293. The average molecular weight is 235 g/mol. The highest BCUT2D eigenvalue weighted by molar-refractivity contribution is 5.34. The molecule has 6 heteroatoms. The van der Waals surface area contributed by atoms with Crippen molar-refractivity contribution < 1.29 is 0 Å². The van der Waals surface area contributed by atoms with Gasteiger partial charge in [0, 0.05) is 12.5 Å². The monoisotopic (exact) mass is 235 g/mol. The summed E-state index contributed by atoms with van der Waals surface area (Å²) in [6, 6.07) is 4.11. The number of likely N-dealkylation sites (N-methyl/N-ethyl adjacent to an activating group) is 1. The Morgan fingerprint density at radius 2 is 2.29 bits per heavy atom. The standard InChI is InChI=1S/C11H17N5O/c1-3-8(12-4-2)7-9-5-6-10-13-14-11(17)16(10)15-9/h5-6,8,12H,3-4,7H2,1-2H3,(H,14,17). The Morgan fingerprint density at radius 3 is 3.00 bits per heavy atom. The average Bonchev–Trinajstić information content (AvgIpc) is 2.70. The summed E-state index contributed by atoms with van der Waals surface area (Å²) in [5, 5.41) is 13.9. The van der Waals surface area contributed by atoms with Gasteiger partial charge in [0.05, 0.1) is 5.69 Å². The van der Waals surface area contributed by atoms with Crippen molar-refractivity contribution in [1.29, 1.82) is 0 Å². The Morgan fingerprint density at radius 1 is 1.47 bits per heavy atom. The van der Waals surface area contributed by atoms with E-state index in [1.165, 1.54) is 4.52 Å². The fourth-order valence-corrected chi connectivity index (χ4v) is 1.85. The quantitative estimate of drug-likeness (QED) is 0.784. The number of H-pyrrole nitrogens is 1. The largest absolute Gasteiger partial charge is 0.364 e. The zero-order chi connectivity index (χ0) is 12.3. The van der Waals surface area contributed by atoms with Gasteiger partial charge < -0.3 is 5.32 Å². The fourth-order valence-electron chi connectivity index (χ4n) is 1.85. The molecule has 6 nitrogen and oxygen atoms in total. The molecular weight excluding hydrogens is 218 g/mol. The summed E-state index contributed by atoms with van der Waals surface area (Å²) in [5.74, 6) is 0. The van der Waals surface area contributed by atoms with Gasteiger partial charge in [0.15, 0.2) is 5.65 Å². The van der Waals surface area contributed by atoms with Crippen LogP contribution in [0.3, 0.4) is 0 Å². The van der Waals surface area contributed by atoms with Crippen LogP contribution in [0.2, 0.25) is 0 Å². The second kappa shape index (κ2) is 5.09. The molecule has 2 heterocycles. The minimum absolute atomic E-state index is 0.293. The highest BCUT2D eigenvalue weighted by Gasteiger charge is 2.08. The Balaban J connectivity index is 2.23. The molecule has 0 bridgehead atoms. The van der Waals surface area contributed by atoms with Crippen LogP contribution < -0.4 is 11.0 Å². The number of aromatic amines is 1. The molecule has 92 valence electrons. The van der Waals surface area contributed by atoms with E-state index in [-0.39, 0.29) is 5.69 Å². The predicted octanol–water partition coefficient (Wildman–Crippen LogP) is 0.348. The summed E-state index contributed by atoms with van der Waals surface area (Å²) >= 11 is 0. The van der Waals surface area contributed by atoms with Crippen LogP contribution >= 0.6 is 0 Å². The molecule has 0 aliphatic rings. The Kier molecular flexibility index (Phi) is 3.53. The summed E-state index contributed by atoms with van der Waals surface area (Å²) in [6.07, 6.45) is 1.85. The zero-order valence-electron chi connectivity index (χ0n) is 10.1. The van der Waals surface area contributed by atoms with E-state index in [0.717, 1.165) is 25.1 Å². The zero-order valence-corrected chi connectivity index (χ0v) is 10.1. The molecule has 2 N–H and O–H groups in total. The molecule has 1 atom stereocenters. The molecule has 17 heavy (non-hydrogen) atoms. The van der Waals surface area contributed by atoms with Crippen LogP contribution in [0, 0.1) is 0 Å². The number of hydrogen-bond donors (Lipinski definition) is 2. The minimum Gasteiger partial charge on any atom is -0.314 e. The third-order valence-electron chi connectivity index (χ3n) is 2.77. The first-order valence-corrected chi connectivity index (χ1v) is 5.91. The number of aromatic nitrogens is 4. The molecule has 2 aromatic heterocycles. The Bertz CT molecular complexity index is 544. The first-order chi connectivity index (χ1) is 8.24. The van der Waals surface area contributed by atoms with Crippen molar-refractivity contribution in [3.05, 3.63) is 28.3 Å². The molecule has 2 rings (SSSR count). The number of nitrogens with zero attached hydrogens (tertiary/aromatic N) is 3. The molecule has 0 radical (unpaired) electrons. The van der Waals surface area contributed by atoms with Gasteiger partial charge in [-0.1, -0.05) is 13.8 Å². The molecule has 0 fully saturated rings. The van der Waals surface area contributed by atoms with E-state index in [2.05, 4.69) is 34.5 Å². The molecule has 1 unspecified atom stereocenters. The predicted molar refractivity (Wildman–Crippen MR) is 65.1 cm³/mol. The van der Waals surface area contributed by atoms with E-state index < -0.39 is 0 Å². The molecule has 0 saturated carbocycles. The Hall–Kier alpha value is -1.69. The maximum Gasteiger partial charge on any atom is 0.364 e. The van der Waals surface area contributed by atoms with Gasteiger partial charge >= 0.3 is 5.69 Å². The first kappa shape index (κ1) is 11.8. The molecule has 2 aromatic rings. The summed E-state index contributed by atoms with van der Waals surface area (Å²) < 4.78 is 1.30. The van der Waals surface area contributed by atoms with Gasteiger partial charge in [-0.3, -0.25) is 0 Å². The lowest BCUT2D eigenvalue weighted by Gasteiger charge is -2.14. The third-order valence-corrected chi connectivity index (χ3v) is 2.77. The van der Waals surface area contributed by atoms with Crippen LogP contribution in [0.4, 0.5) is 0 Å². The van der Waals surface area contributed by atoms with Crippen LogP contribution in [0.25, 0.3) is 5.65 Å². The summed E-state index contributed by atoms with van der Waals surface area (Å²) in [4.78, 5) is 11.4. The number of hydrogen-bond acceptors (Lipinski definition) is 4.